The molecule has 0 spiro atoms. The number of thioether (sulfide) groups is 1. The molecular weight excluding hydrogens is 242 g/mol. The third kappa shape index (κ3) is 7.38. The lowest BCUT2D eigenvalue weighted by Crippen LogP contribution is -2.24. The minimum Gasteiger partial charge on any atom is -0.356 e. The second kappa shape index (κ2) is 10.0. The fraction of sp³-hybridized carbons (Fsp3) is 0.533. The second-order valence-corrected chi connectivity index (χ2v) is 5.45. The number of hydrogen-bond donors (Lipinski definition) is 1. The summed E-state index contributed by atoms with van der Waals surface area (Å²) in [6.07, 6.45) is 4.12. The van der Waals surface area contributed by atoms with Crippen molar-refractivity contribution in [2.24, 2.45) is 0 Å². The first-order valence-electron chi connectivity index (χ1n) is 6.71. The number of amides is 1. The molecular formula is C15H23NOS. The first kappa shape index (κ1) is 15.1. The third-order valence-electron chi connectivity index (χ3n) is 2.69. The third-order valence-corrected chi connectivity index (χ3v) is 3.72. The van der Waals surface area contributed by atoms with Crippen LogP contribution in [0.15, 0.2) is 30.3 Å². The van der Waals surface area contributed by atoms with E-state index in [4.69, 9.17) is 0 Å². The molecule has 100 valence electrons. The van der Waals surface area contributed by atoms with Crippen LogP contribution in [-0.2, 0) is 10.5 Å². The molecule has 0 saturated carbocycles. The van der Waals surface area contributed by atoms with Gasteiger partial charge in [0.2, 0.25) is 5.91 Å². The highest BCUT2D eigenvalue weighted by Crippen LogP contribution is 2.12. The maximum Gasteiger partial charge on any atom is 0.220 e. The Kier molecular flexibility index (Phi) is 8.40. The first-order chi connectivity index (χ1) is 8.83. The average Bonchev–Trinajstić information content (AvgIpc) is 2.41. The zero-order valence-electron chi connectivity index (χ0n) is 11.2. The highest BCUT2D eigenvalue weighted by molar-refractivity contribution is 7.98. The van der Waals surface area contributed by atoms with Crippen molar-refractivity contribution in [3.05, 3.63) is 35.9 Å². The van der Waals surface area contributed by atoms with Crippen molar-refractivity contribution in [1.29, 1.82) is 0 Å². The summed E-state index contributed by atoms with van der Waals surface area (Å²) in [5.41, 5.74) is 1.32. The molecule has 0 radical (unpaired) electrons. The number of carbonyl (C=O) groups excluding carboxylic acids is 1. The molecule has 18 heavy (non-hydrogen) atoms. The molecule has 0 aliphatic carbocycles. The number of benzene rings is 1. The molecule has 0 atom stereocenters. The SMILES string of the molecule is CCCCCNC(=O)CCSCc1ccccc1. The van der Waals surface area contributed by atoms with E-state index in [-0.39, 0.29) is 5.91 Å². The van der Waals surface area contributed by atoms with Crippen LogP contribution in [0.2, 0.25) is 0 Å². The van der Waals surface area contributed by atoms with Crippen LogP contribution in [0.1, 0.15) is 38.2 Å². The quantitative estimate of drug-likeness (QED) is 0.691. The van der Waals surface area contributed by atoms with E-state index in [1.165, 1.54) is 18.4 Å². The lowest BCUT2D eigenvalue weighted by molar-refractivity contribution is -0.120. The first-order valence-corrected chi connectivity index (χ1v) is 7.86. The number of carbonyl (C=O) groups is 1. The minimum atomic E-state index is 0.187. The van der Waals surface area contributed by atoms with E-state index >= 15 is 0 Å². The molecule has 1 aromatic rings. The van der Waals surface area contributed by atoms with Gasteiger partial charge < -0.3 is 5.32 Å². The summed E-state index contributed by atoms with van der Waals surface area (Å²) in [6, 6.07) is 10.4. The highest BCUT2D eigenvalue weighted by atomic mass is 32.2. The number of nitrogens with one attached hydrogen (secondary N) is 1. The Hall–Kier alpha value is -0.960. The van der Waals surface area contributed by atoms with E-state index in [0.717, 1.165) is 24.5 Å². The summed E-state index contributed by atoms with van der Waals surface area (Å²) in [5.74, 6) is 2.07. The molecule has 0 fully saturated rings. The van der Waals surface area contributed by atoms with Gasteiger partial charge in [0.05, 0.1) is 0 Å². The molecule has 2 nitrogen and oxygen atoms in total. The van der Waals surface area contributed by atoms with E-state index in [2.05, 4.69) is 36.5 Å². The molecule has 0 heterocycles. The predicted molar refractivity (Wildman–Crippen MR) is 79.8 cm³/mol. The van der Waals surface area contributed by atoms with Crippen molar-refractivity contribution >= 4 is 17.7 Å². The molecule has 0 aromatic heterocycles. The smallest absolute Gasteiger partial charge is 0.220 e. The summed E-state index contributed by atoms with van der Waals surface area (Å²) in [4.78, 5) is 11.5. The molecule has 1 rings (SSSR count). The van der Waals surface area contributed by atoms with Crippen molar-refractivity contribution in [2.75, 3.05) is 12.3 Å². The Labute approximate surface area is 115 Å². The van der Waals surface area contributed by atoms with Crippen LogP contribution in [0.25, 0.3) is 0 Å². The van der Waals surface area contributed by atoms with Gasteiger partial charge in [-0.15, -0.1) is 0 Å². The molecule has 0 unspecified atom stereocenters. The van der Waals surface area contributed by atoms with Gasteiger partial charge >= 0.3 is 0 Å². The maximum atomic E-state index is 11.5. The van der Waals surface area contributed by atoms with Gasteiger partial charge in [0.1, 0.15) is 0 Å². The number of hydrogen-bond acceptors (Lipinski definition) is 2. The van der Waals surface area contributed by atoms with E-state index in [0.29, 0.717) is 6.42 Å². The van der Waals surface area contributed by atoms with Crippen molar-refractivity contribution in [2.45, 2.75) is 38.4 Å². The number of unbranched alkanes of at least 4 members (excludes halogenated alkanes) is 2. The second-order valence-electron chi connectivity index (χ2n) is 4.35. The monoisotopic (exact) mass is 265 g/mol. The molecule has 0 aliphatic rings. The summed E-state index contributed by atoms with van der Waals surface area (Å²) < 4.78 is 0. The average molecular weight is 265 g/mol. The fourth-order valence-corrected chi connectivity index (χ4v) is 2.52. The van der Waals surface area contributed by atoms with Gasteiger partial charge in [-0.25, -0.2) is 0 Å². The van der Waals surface area contributed by atoms with Gasteiger partial charge in [-0.1, -0.05) is 50.1 Å². The summed E-state index contributed by atoms with van der Waals surface area (Å²) in [5, 5.41) is 2.96. The Balaban J connectivity index is 1.99. The highest BCUT2D eigenvalue weighted by Gasteiger charge is 2.00. The zero-order valence-corrected chi connectivity index (χ0v) is 12.0. The van der Waals surface area contributed by atoms with Crippen molar-refractivity contribution in [1.82, 2.24) is 5.32 Å². The topological polar surface area (TPSA) is 29.1 Å². The van der Waals surface area contributed by atoms with Gasteiger partial charge in [0.25, 0.3) is 0 Å². The largest absolute Gasteiger partial charge is 0.356 e. The van der Waals surface area contributed by atoms with Gasteiger partial charge in [-0.3, -0.25) is 4.79 Å². The molecule has 0 aliphatic heterocycles. The van der Waals surface area contributed by atoms with Crippen molar-refractivity contribution < 1.29 is 4.79 Å². The van der Waals surface area contributed by atoms with E-state index < -0.39 is 0 Å². The molecule has 1 amide bonds. The minimum absolute atomic E-state index is 0.187. The van der Waals surface area contributed by atoms with E-state index in [1.807, 2.05) is 17.8 Å². The summed E-state index contributed by atoms with van der Waals surface area (Å²) in [6.45, 7) is 3.00. The normalized spacial score (nSPS) is 10.3. The number of rotatable bonds is 9. The molecule has 0 bridgehead atoms. The summed E-state index contributed by atoms with van der Waals surface area (Å²) in [7, 11) is 0. The molecule has 1 aromatic carbocycles. The van der Waals surface area contributed by atoms with Crippen LogP contribution in [-0.4, -0.2) is 18.2 Å². The van der Waals surface area contributed by atoms with Crippen LogP contribution in [0, 0.1) is 0 Å². The van der Waals surface area contributed by atoms with Crippen LogP contribution >= 0.6 is 11.8 Å². The van der Waals surface area contributed by atoms with Crippen molar-refractivity contribution in [3.63, 3.8) is 0 Å². The van der Waals surface area contributed by atoms with Crippen LogP contribution in [0.4, 0.5) is 0 Å². The predicted octanol–water partition coefficient (Wildman–Crippen LogP) is 3.62. The Bertz CT molecular complexity index is 327. The van der Waals surface area contributed by atoms with Crippen LogP contribution in [0.3, 0.4) is 0 Å². The Morgan fingerprint density at radius 2 is 2.00 bits per heavy atom. The van der Waals surface area contributed by atoms with Gasteiger partial charge in [-0.2, -0.15) is 11.8 Å². The molecule has 0 saturated heterocycles. The molecule has 1 N–H and O–H groups in total. The fourth-order valence-electron chi connectivity index (χ4n) is 1.62. The van der Waals surface area contributed by atoms with Gasteiger partial charge in [0.15, 0.2) is 0 Å². The van der Waals surface area contributed by atoms with Crippen LogP contribution < -0.4 is 5.32 Å². The lowest BCUT2D eigenvalue weighted by Gasteiger charge is -2.04. The van der Waals surface area contributed by atoms with E-state index in [9.17, 15) is 4.79 Å². The lowest BCUT2D eigenvalue weighted by atomic mass is 10.2. The molecule has 3 heteroatoms. The van der Waals surface area contributed by atoms with Crippen molar-refractivity contribution in [3.8, 4) is 0 Å². The maximum absolute atomic E-state index is 11.5. The Morgan fingerprint density at radius 3 is 2.72 bits per heavy atom. The zero-order chi connectivity index (χ0) is 13.1. The standard InChI is InChI=1S/C15H23NOS/c1-2-3-7-11-16-15(17)10-12-18-13-14-8-5-4-6-9-14/h4-6,8-9H,2-3,7,10-13H2,1H3,(H,16,17). The van der Waals surface area contributed by atoms with E-state index in [1.54, 1.807) is 0 Å². The van der Waals surface area contributed by atoms with Crippen LogP contribution in [0.5, 0.6) is 0 Å². The van der Waals surface area contributed by atoms with Gasteiger partial charge in [0, 0.05) is 24.5 Å². The van der Waals surface area contributed by atoms with Gasteiger partial charge in [-0.05, 0) is 12.0 Å². The Morgan fingerprint density at radius 1 is 1.22 bits per heavy atom. The summed E-state index contributed by atoms with van der Waals surface area (Å²) >= 11 is 1.82.